The van der Waals surface area contributed by atoms with E-state index in [4.69, 9.17) is 4.74 Å². The van der Waals surface area contributed by atoms with Crippen LogP contribution in [0.5, 0.6) is 5.75 Å². The Kier molecular flexibility index (Phi) is 8.18. The minimum atomic E-state index is -0.281. The normalized spacial score (nSPS) is 13.5. The standard InChI is InChI=1S/C25H22FI2N3O2/c26-20-5-3-4-17(12-20)16-33-24-22(27)13-18(14-23(24)28)15-29-30-25(32)19-6-8-21(9-7-19)31-10-1-2-11-31/h3-9,12-15H,1-2,10-11,16H2,(H,30,32)/b29-15-. The highest BCUT2D eigenvalue weighted by Gasteiger charge is 2.13. The number of anilines is 1. The predicted octanol–water partition coefficient (Wildman–Crippen LogP) is 5.98. The molecule has 3 aromatic carbocycles. The highest BCUT2D eigenvalue weighted by Crippen LogP contribution is 2.29. The number of halogens is 3. The first-order valence-corrected chi connectivity index (χ1v) is 12.7. The Morgan fingerprint density at radius 1 is 1.06 bits per heavy atom. The topological polar surface area (TPSA) is 53.9 Å². The molecule has 1 aliphatic rings. The number of nitrogens with one attached hydrogen (secondary N) is 1. The average molecular weight is 669 g/mol. The van der Waals surface area contributed by atoms with Gasteiger partial charge in [-0.05, 0) is 118 Å². The van der Waals surface area contributed by atoms with Gasteiger partial charge in [-0.2, -0.15) is 5.10 Å². The van der Waals surface area contributed by atoms with Crippen LogP contribution >= 0.6 is 45.2 Å². The van der Waals surface area contributed by atoms with E-state index in [1.54, 1.807) is 12.3 Å². The number of hydrazone groups is 1. The Morgan fingerprint density at radius 2 is 1.76 bits per heavy atom. The predicted molar refractivity (Wildman–Crippen MR) is 146 cm³/mol. The van der Waals surface area contributed by atoms with Gasteiger partial charge in [0, 0.05) is 24.3 Å². The van der Waals surface area contributed by atoms with Crippen LogP contribution in [0, 0.1) is 13.0 Å². The van der Waals surface area contributed by atoms with E-state index in [9.17, 15) is 9.18 Å². The van der Waals surface area contributed by atoms with Crippen molar-refractivity contribution >= 4 is 63.0 Å². The molecule has 1 N–H and O–H groups in total. The van der Waals surface area contributed by atoms with Gasteiger partial charge in [0.2, 0.25) is 0 Å². The molecular weight excluding hydrogens is 647 g/mol. The van der Waals surface area contributed by atoms with Crippen LogP contribution in [0.3, 0.4) is 0 Å². The average Bonchev–Trinajstić information content (AvgIpc) is 3.34. The fourth-order valence-corrected chi connectivity index (χ4v) is 5.73. The van der Waals surface area contributed by atoms with Crippen molar-refractivity contribution in [3.8, 4) is 5.75 Å². The molecule has 170 valence electrons. The largest absolute Gasteiger partial charge is 0.487 e. The summed E-state index contributed by atoms with van der Waals surface area (Å²) >= 11 is 4.40. The summed E-state index contributed by atoms with van der Waals surface area (Å²) in [6, 6.07) is 17.8. The van der Waals surface area contributed by atoms with Crippen LogP contribution in [-0.4, -0.2) is 25.2 Å². The highest BCUT2D eigenvalue weighted by molar-refractivity contribution is 14.1. The van der Waals surface area contributed by atoms with Crippen molar-refractivity contribution in [2.24, 2.45) is 5.10 Å². The fourth-order valence-electron chi connectivity index (χ4n) is 3.60. The quantitative estimate of drug-likeness (QED) is 0.192. The number of amides is 1. The van der Waals surface area contributed by atoms with E-state index in [1.807, 2.05) is 42.5 Å². The summed E-state index contributed by atoms with van der Waals surface area (Å²) in [5, 5.41) is 4.11. The summed E-state index contributed by atoms with van der Waals surface area (Å²) in [5.74, 6) is 0.204. The third-order valence-electron chi connectivity index (χ3n) is 5.27. The van der Waals surface area contributed by atoms with Gasteiger partial charge in [-0.3, -0.25) is 4.79 Å². The zero-order valence-corrected chi connectivity index (χ0v) is 22.0. The van der Waals surface area contributed by atoms with E-state index < -0.39 is 0 Å². The molecule has 8 heteroatoms. The van der Waals surface area contributed by atoms with Crippen LogP contribution in [0.2, 0.25) is 0 Å². The highest BCUT2D eigenvalue weighted by atomic mass is 127. The van der Waals surface area contributed by atoms with E-state index in [0.717, 1.165) is 42.8 Å². The summed E-state index contributed by atoms with van der Waals surface area (Å²) in [4.78, 5) is 14.7. The summed E-state index contributed by atoms with van der Waals surface area (Å²) in [5.41, 5.74) is 5.91. The molecule has 0 aliphatic carbocycles. The van der Waals surface area contributed by atoms with Crippen LogP contribution in [0.4, 0.5) is 10.1 Å². The molecule has 33 heavy (non-hydrogen) atoms. The maximum absolute atomic E-state index is 13.4. The number of carbonyl (C=O) groups is 1. The third-order valence-corrected chi connectivity index (χ3v) is 6.88. The molecule has 0 spiro atoms. The first-order chi connectivity index (χ1) is 16.0. The van der Waals surface area contributed by atoms with Crippen molar-refractivity contribution in [2.75, 3.05) is 18.0 Å². The molecule has 5 nitrogen and oxygen atoms in total. The Balaban J connectivity index is 1.35. The van der Waals surface area contributed by atoms with Crippen molar-refractivity contribution < 1.29 is 13.9 Å². The van der Waals surface area contributed by atoms with Gasteiger partial charge in [0.25, 0.3) is 5.91 Å². The van der Waals surface area contributed by atoms with Crippen molar-refractivity contribution in [1.82, 2.24) is 5.43 Å². The lowest BCUT2D eigenvalue weighted by Crippen LogP contribution is -2.19. The molecule has 1 fully saturated rings. The van der Waals surface area contributed by atoms with E-state index in [1.165, 1.54) is 25.0 Å². The Morgan fingerprint density at radius 3 is 2.42 bits per heavy atom. The van der Waals surface area contributed by atoms with Crippen molar-refractivity contribution in [2.45, 2.75) is 19.4 Å². The first-order valence-electron chi connectivity index (χ1n) is 10.5. The van der Waals surface area contributed by atoms with E-state index in [0.29, 0.717) is 5.56 Å². The lowest BCUT2D eigenvalue weighted by Gasteiger charge is -2.17. The van der Waals surface area contributed by atoms with Gasteiger partial charge in [-0.1, -0.05) is 12.1 Å². The smallest absolute Gasteiger partial charge is 0.271 e. The van der Waals surface area contributed by atoms with Gasteiger partial charge in [0.05, 0.1) is 13.4 Å². The second-order valence-electron chi connectivity index (χ2n) is 7.67. The zero-order valence-electron chi connectivity index (χ0n) is 17.7. The monoisotopic (exact) mass is 669 g/mol. The Hall–Kier alpha value is -2.21. The molecule has 1 amide bonds. The molecule has 0 unspecified atom stereocenters. The molecule has 0 aromatic heterocycles. The number of nitrogens with zero attached hydrogens (tertiary/aromatic N) is 2. The molecule has 0 bridgehead atoms. The minimum Gasteiger partial charge on any atom is -0.487 e. The molecule has 0 radical (unpaired) electrons. The fraction of sp³-hybridized carbons (Fsp3) is 0.200. The Labute approximate surface area is 219 Å². The number of ether oxygens (including phenoxy) is 1. The van der Waals surface area contributed by atoms with Gasteiger partial charge < -0.3 is 9.64 Å². The Bertz CT molecular complexity index is 1140. The lowest BCUT2D eigenvalue weighted by molar-refractivity contribution is 0.0955. The third kappa shape index (κ3) is 6.44. The van der Waals surface area contributed by atoms with Gasteiger partial charge >= 0.3 is 0 Å². The lowest BCUT2D eigenvalue weighted by atomic mass is 10.2. The molecule has 1 saturated heterocycles. The number of benzene rings is 3. The number of rotatable bonds is 7. The van der Waals surface area contributed by atoms with Crippen LogP contribution in [0.15, 0.2) is 65.8 Å². The first kappa shape index (κ1) is 23.9. The molecule has 0 saturated carbocycles. The number of hydrogen-bond donors (Lipinski definition) is 1. The maximum atomic E-state index is 13.4. The molecule has 3 aromatic rings. The minimum absolute atomic E-state index is 0.251. The van der Waals surface area contributed by atoms with Gasteiger partial charge in [0.1, 0.15) is 18.2 Å². The second kappa shape index (κ2) is 11.3. The molecule has 1 heterocycles. The molecular formula is C25H22FI2N3O2. The van der Waals surface area contributed by atoms with Gasteiger partial charge in [-0.15, -0.1) is 0 Å². The molecule has 4 rings (SSSR count). The van der Waals surface area contributed by atoms with Crippen LogP contribution in [0.1, 0.15) is 34.3 Å². The van der Waals surface area contributed by atoms with Crippen molar-refractivity contribution in [3.05, 3.63) is 90.3 Å². The molecule has 1 aliphatic heterocycles. The van der Waals surface area contributed by atoms with E-state index in [2.05, 4.69) is 60.6 Å². The zero-order chi connectivity index (χ0) is 23.2. The van der Waals surface area contributed by atoms with Crippen molar-refractivity contribution in [3.63, 3.8) is 0 Å². The van der Waals surface area contributed by atoms with E-state index in [-0.39, 0.29) is 18.3 Å². The summed E-state index contributed by atoms with van der Waals surface area (Å²) in [6.07, 6.45) is 4.04. The summed E-state index contributed by atoms with van der Waals surface area (Å²) in [7, 11) is 0. The van der Waals surface area contributed by atoms with Crippen LogP contribution < -0.4 is 15.1 Å². The maximum Gasteiger partial charge on any atom is 0.271 e. The van der Waals surface area contributed by atoms with Crippen molar-refractivity contribution in [1.29, 1.82) is 0 Å². The van der Waals surface area contributed by atoms with Crippen LogP contribution in [-0.2, 0) is 6.61 Å². The summed E-state index contributed by atoms with van der Waals surface area (Å²) in [6.45, 7) is 2.42. The summed E-state index contributed by atoms with van der Waals surface area (Å²) < 4.78 is 21.1. The SMILES string of the molecule is O=C(N/N=C\c1cc(I)c(OCc2cccc(F)c2)c(I)c1)c1ccc(N2CCCC2)cc1. The number of carbonyl (C=O) groups excluding carboxylic acids is 1. The second-order valence-corrected chi connectivity index (χ2v) is 10.00. The van der Waals surface area contributed by atoms with E-state index >= 15 is 0 Å². The van der Waals surface area contributed by atoms with Gasteiger partial charge in [-0.25, -0.2) is 9.82 Å². The number of hydrogen-bond acceptors (Lipinski definition) is 4. The van der Waals surface area contributed by atoms with Crippen LogP contribution in [0.25, 0.3) is 0 Å². The molecule has 0 atom stereocenters. The van der Waals surface area contributed by atoms with Gasteiger partial charge in [0.15, 0.2) is 0 Å².